The fraction of sp³-hybridized carbons (Fsp3) is 0.462. The first kappa shape index (κ1) is 14.3. The lowest BCUT2D eigenvalue weighted by atomic mass is 10.2. The van der Waals surface area contributed by atoms with Crippen molar-refractivity contribution in [3.63, 3.8) is 0 Å². The highest BCUT2D eigenvalue weighted by atomic mass is 16.5. The number of hydrogen-bond acceptors (Lipinski definition) is 4. The minimum atomic E-state index is -0.109. The van der Waals surface area contributed by atoms with E-state index < -0.39 is 0 Å². The van der Waals surface area contributed by atoms with Gasteiger partial charge < -0.3 is 9.64 Å². The molecule has 0 fully saturated rings. The topological polar surface area (TPSA) is 67.6 Å². The van der Waals surface area contributed by atoms with E-state index in [9.17, 15) is 4.79 Å². The molecule has 1 rings (SSSR count). The first-order chi connectivity index (χ1) is 8.67. The summed E-state index contributed by atoms with van der Waals surface area (Å²) in [5.74, 6) is 5.75. The Morgan fingerprint density at radius 2 is 2.00 bits per heavy atom. The van der Waals surface area contributed by atoms with Gasteiger partial charge in [0, 0.05) is 25.7 Å². The number of nitrogens with one attached hydrogen (secondary N) is 1. The normalized spacial score (nSPS) is 9.94. The summed E-state index contributed by atoms with van der Waals surface area (Å²) in [5, 5.41) is 0. The standard InChI is InChI=1S/C13H21N3O2/c1-16(10-4-3-5-13(17)15-14)11-6-8-12(18-2)9-7-11/h6-9H,3-5,10,14H2,1-2H3,(H,15,17). The quantitative estimate of drug-likeness (QED) is 0.332. The second-order valence-corrected chi connectivity index (χ2v) is 4.14. The number of hydrazine groups is 1. The maximum atomic E-state index is 10.9. The fourth-order valence-electron chi connectivity index (χ4n) is 1.67. The Labute approximate surface area is 108 Å². The van der Waals surface area contributed by atoms with E-state index >= 15 is 0 Å². The molecule has 5 nitrogen and oxygen atoms in total. The number of ether oxygens (including phenoxy) is 1. The van der Waals surface area contributed by atoms with Gasteiger partial charge in [-0.2, -0.15) is 0 Å². The molecule has 0 unspecified atom stereocenters. The molecule has 0 heterocycles. The number of carbonyl (C=O) groups excluding carboxylic acids is 1. The molecule has 3 N–H and O–H groups in total. The maximum absolute atomic E-state index is 10.9. The number of amides is 1. The first-order valence-electron chi connectivity index (χ1n) is 6.02. The third kappa shape index (κ3) is 4.63. The molecule has 0 aromatic heterocycles. The average molecular weight is 251 g/mol. The van der Waals surface area contributed by atoms with Gasteiger partial charge in [0.25, 0.3) is 0 Å². The van der Waals surface area contributed by atoms with E-state index in [1.165, 1.54) is 0 Å². The van der Waals surface area contributed by atoms with E-state index in [0.717, 1.165) is 30.8 Å². The number of anilines is 1. The third-order valence-corrected chi connectivity index (χ3v) is 2.82. The van der Waals surface area contributed by atoms with Crippen molar-refractivity contribution < 1.29 is 9.53 Å². The Bertz CT molecular complexity index is 365. The zero-order chi connectivity index (χ0) is 13.4. The van der Waals surface area contributed by atoms with Gasteiger partial charge in [0.05, 0.1) is 7.11 Å². The van der Waals surface area contributed by atoms with Gasteiger partial charge >= 0.3 is 0 Å². The van der Waals surface area contributed by atoms with Crippen LogP contribution in [-0.2, 0) is 4.79 Å². The molecule has 0 radical (unpaired) electrons. The van der Waals surface area contributed by atoms with Crippen molar-refractivity contribution in [2.75, 3.05) is 25.6 Å². The second kappa shape index (κ2) is 7.55. The third-order valence-electron chi connectivity index (χ3n) is 2.82. The molecule has 0 aliphatic rings. The molecule has 100 valence electrons. The molecule has 1 aromatic rings. The first-order valence-corrected chi connectivity index (χ1v) is 6.02. The molecule has 1 amide bonds. The number of benzene rings is 1. The highest BCUT2D eigenvalue weighted by Gasteiger charge is 2.02. The average Bonchev–Trinajstić information content (AvgIpc) is 2.43. The summed E-state index contributed by atoms with van der Waals surface area (Å²) < 4.78 is 5.11. The molecule has 0 bridgehead atoms. The Morgan fingerprint density at radius 1 is 1.33 bits per heavy atom. The smallest absolute Gasteiger partial charge is 0.233 e. The molecular formula is C13H21N3O2. The molecule has 0 aliphatic heterocycles. The summed E-state index contributed by atoms with van der Waals surface area (Å²) in [7, 11) is 3.69. The van der Waals surface area contributed by atoms with Crippen molar-refractivity contribution in [2.24, 2.45) is 5.84 Å². The number of nitrogens with zero attached hydrogens (tertiary/aromatic N) is 1. The van der Waals surface area contributed by atoms with Crippen molar-refractivity contribution in [3.05, 3.63) is 24.3 Å². The van der Waals surface area contributed by atoms with E-state index in [2.05, 4.69) is 10.3 Å². The number of rotatable bonds is 7. The minimum absolute atomic E-state index is 0.109. The zero-order valence-corrected chi connectivity index (χ0v) is 11.0. The molecule has 5 heteroatoms. The Morgan fingerprint density at radius 3 is 2.56 bits per heavy atom. The number of nitrogens with two attached hydrogens (primary N) is 1. The van der Waals surface area contributed by atoms with Crippen LogP contribution in [0.5, 0.6) is 5.75 Å². The Hall–Kier alpha value is -1.75. The Balaban J connectivity index is 2.31. The lowest BCUT2D eigenvalue weighted by Gasteiger charge is -2.19. The lowest BCUT2D eigenvalue weighted by Crippen LogP contribution is -2.29. The minimum Gasteiger partial charge on any atom is -0.497 e. The van der Waals surface area contributed by atoms with Crippen LogP contribution in [0.25, 0.3) is 0 Å². The summed E-state index contributed by atoms with van der Waals surface area (Å²) in [6, 6.07) is 7.91. The highest BCUT2D eigenvalue weighted by molar-refractivity contribution is 5.75. The van der Waals surface area contributed by atoms with Gasteiger partial charge in [-0.15, -0.1) is 0 Å². The van der Waals surface area contributed by atoms with E-state index in [-0.39, 0.29) is 5.91 Å². The predicted molar refractivity (Wildman–Crippen MR) is 72.4 cm³/mol. The van der Waals surface area contributed by atoms with Gasteiger partial charge in [-0.25, -0.2) is 5.84 Å². The fourth-order valence-corrected chi connectivity index (χ4v) is 1.67. The van der Waals surface area contributed by atoms with Gasteiger partial charge in [-0.1, -0.05) is 0 Å². The van der Waals surface area contributed by atoms with E-state index in [0.29, 0.717) is 6.42 Å². The van der Waals surface area contributed by atoms with Gasteiger partial charge in [0.1, 0.15) is 5.75 Å². The van der Waals surface area contributed by atoms with Crippen molar-refractivity contribution in [1.29, 1.82) is 0 Å². The molecule has 0 aliphatic carbocycles. The molecule has 0 saturated heterocycles. The Kier molecular flexibility index (Phi) is 6.00. The van der Waals surface area contributed by atoms with Crippen molar-refractivity contribution in [2.45, 2.75) is 19.3 Å². The zero-order valence-electron chi connectivity index (χ0n) is 11.0. The van der Waals surface area contributed by atoms with E-state index in [4.69, 9.17) is 10.6 Å². The van der Waals surface area contributed by atoms with Crippen LogP contribution in [0.4, 0.5) is 5.69 Å². The second-order valence-electron chi connectivity index (χ2n) is 4.14. The molecule has 18 heavy (non-hydrogen) atoms. The van der Waals surface area contributed by atoms with Gasteiger partial charge in [-0.3, -0.25) is 10.2 Å². The largest absolute Gasteiger partial charge is 0.497 e. The van der Waals surface area contributed by atoms with Crippen molar-refractivity contribution >= 4 is 11.6 Å². The highest BCUT2D eigenvalue weighted by Crippen LogP contribution is 2.18. The number of unbranched alkanes of at least 4 members (excludes halogenated alkanes) is 1. The van der Waals surface area contributed by atoms with E-state index in [1.54, 1.807) is 7.11 Å². The molecule has 0 atom stereocenters. The molecule has 1 aromatic carbocycles. The summed E-state index contributed by atoms with van der Waals surface area (Å²) in [6.07, 6.45) is 2.27. The van der Waals surface area contributed by atoms with Crippen molar-refractivity contribution in [1.82, 2.24) is 5.43 Å². The van der Waals surface area contributed by atoms with Gasteiger partial charge in [0.15, 0.2) is 0 Å². The molecule has 0 saturated carbocycles. The lowest BCUT2D eigenvalue weighted by molar-refractivity contribution is -0.121. The van der Waals surface area contributed by atoms with Gasteiger partial charge in [-0.05, 0) is 37.1 Å². The van der Waals surface area contributed by atoms with Crippen LogP contribution in [0.1, 0.15) is 19.3 Å². The number of hydrogen-bond donors (Lipinski definition) is 2. The van der Waals surface area contributed by atoms with Crippen LogP contribution in [-0.4, -0.2) is 26.6 Å². The van der Waals surface area contributed by atoms with Crippen LogP contribution < -0.4 is 20.9 Å². The van der Waals surface area contributed by atoms with Crippen LogP contribution in [0.3, 0.4) is 0 Å². The number of carbonyl (C=O) groups is 1. The van der Waals surface area contributed by atoms with Gasteiger partial charge in [0.2, 0.25) is 5.91 Å². The summed E-state index contributed by atoms with van der Waals surface area (Å²) >= 11 is 0. The van der Waals surface area contributed by atoms with Crippen LogP contribution in [0, 0.1) is 0 Å². The monoisotopic (exact) mass is 251 g/mol. The number of methoxy groups -OCH3 is 1. The molecular weight excluding hydrogens is 230 g/mol. The van der Waals surface area contributed by atoms with E-state index in [1.807, 2.05) is 31.3 Å². The summed E-state index contributed by atoms with van der Waals surface area (Å²) in [6.45, 7) is 0.907. The maximum Gasteiger partial charge on any atom is 0.233 e. The predicted octanol–water partition coefficient (Wildman–Crippen LogP) is 1.29. The SMILES string of the molecule is COc1ccc(N(C)CCCCC(=O)NN)cc1. The molecule has 0 spiro atoms. The van der Waals surface area contributed by atoms with Crippen LogP contribution in [0.2, 0.25) is 0 Å². The summed E-state index contributed by atoms with van der Waals surface area (Å²) in [5.41, 5.74) is 3.27. The summed E-state index contributed by atoms with van der Waals surface area (Å²) in [4.78, 5) is 13.1. The van der Waals surface area contributed by atoms with Crippen LogP contribution in [0.15, 0.2) is 24.3 Å². The van der Waals surface area contributed by atoms with Crippen LogP contribution >= 0.6 is 0 Å². The van der Waals surface area contributed by atoms with Crippen molar-refractivity contribution in [3.8, 4) is 5.75 Å².